The van der Waals surface area contributed by atoms with Gasteiger partial charge in [-0.1, -0.05) is 32.0 Å². The number of phenols is 2. The third-order valence-corrected chi connectivity index (χ3v) is 4.34. The molecule has 0 heterocycles. The Morgan fingerprint density at radius 3 is 2.12 bits per heavy atom. The molecule has 0 spiro atoms. The molecule has 0 unspecified atom stereocenters. The van der Waals surface area contributed by atoms with Crippen LogP contribution < -0.4 is 10.5 Å². The molecule has 3 aromatic carbocycles. The zero-order chi connectivity index (χ0) is 24.4. The smallest absolute Gasteiger partial charge is 0.248 e. The van der Waals surface area contributed by atoms with Gasteiger partial charge in [0.1, 0.15) is 23.1 Å². The summed E-state index contributed by atoms with van der Waals surface area (Å²) < 4.78 is 18.0. The third-order valence-electron chi connectivity index (χ3n) is 4.34. The second-order valence-electron chi connectivity index (χ2n) is 6.47. The number of methoxy groups -OCH3 is 1. The standard InChI is InChI=1S/C15H15NO3.C8H7FO2.C2H6/c1-9-3-4-10(8-14(9)19-2)12-7-11(15(16)18)5-6-13(12)17;1-5(10)8-6(9)3-2-4-7(8)11;1-2/h3-8,17H,1-2H3,(H2,16,18);2-4,11H,1H3;1-2H3. The number of ketones is 1. The van der Waals surface area contributed by atoms with Crippen molar-refractivity contribution in [1.82, 2.24) is 0 Å². The minimum atomic E-state index is -0.683. The summed E-state index contributed by atoms with van der Waals surface area (Å²) in [4.78, 5) is 21.9. The van der Waals surface area contributed by atoms with Crippen LogP contribution in [0.2, 0.25) is 0 Å². The number of primary amides is 1. The first-order valence-electron chi connectivity index (χ1n) is 9.92. The number of aromatic hydroxyl groups is 2. The maximum Gasteiger partial charge on any atom is 0.248 e. The molecule has 0 fully saturated rings. The highest BCUT2D eigenvalue weighted by atomic mass is 19.1. The van der Waals surface area contributed by atoms with Crippen molar-refractivity contribution >= 4 is 11.7 Å². The van der Waals surface area contributed by atoms with Crippen LogP contribution in [-0.2, 0) is 0 Å². The summed E-state index contributed by atoms with van der Waals surface area (Å²) in [5, 5.41) is 18.9. The van der Waals surface area contributed by atoms with Crippen LogP contribution in [0.3, 0.4) is 0 Å². The lowest BCUT2D eigenvalue weighted by molar-refractivity contribution is 0.0994. The van der Waals surface area contributed by atoms with Gasteiger partial charge in [0.25, 0.3) is 0 Å². The van der Waals surface area contributed by atoms with E-state index in [4.69, 9.17) is 15.6 Å². The molecule has 0 aliphatic heterocycles. The molecular weight excluding hydrogens is 413 g/mol. The Morgan fingerprint density at radius 2 is 1.62 bits per heavy atom. The molecule has 3 aromatic rings. The van der Waals surface area contributed by atoms with Crippen molar-refractivity contribution in [2.75, 3.05) is 7.11 Å². The van der Waals surface area contributed by atoms with Crippen molar-refractivity contribution in [3.8, 4) is 28.4 Å². The lowest BCUT2D eigenvalue weighted by atomic mass is 10.00. The van der Waals surface area contributed by atoms with Crippen molar-refractivity contribution in [1.29, 1.82) is 0 Å². The fraction of sp³-hybridized carbons (Fsp3) is 0.200. The fourth-order valence-corrected chi connectivity index (χ4v) is 2.77. The van der Waals surface area contributed by atoms with Gasteiger partial charge in [0.2, 0.25) is 5.91 Å². The van der Waals surface area contributed by atoms with Gasteiger partial charge in [-0.2, -0.15) is 0 Å². The van der Waals surface area contributed by atoms with Crippen LogP contribution in [-0.4, -0.2) is 29.0 Å². The first-order chi connectivity index (χ1) is 15.1. The highest BCUT2D eigenvalue weighted by Crippen LogP contribution is 2.33. The second-order valence-corrected chi connectivity index (χ2v) is 6.47. The largest absolute Gasteiger partial charge is 0.507 e. The Balaban J connectivity index is 0.000000335. The van der Waals surface area contributed by atoms with Crippen LogP contribution in [0, 0.1) is 12.7 Å². The van der Waals surface area contributed by atoms with Crippen LogP contribution in [0.1, 0.15) is 47.1 Å². The molecule has 0 bridgehead atoms. The predicted molar refractivity (Wildman–Crippen MR) is 123 cm³/mol. The summed E-state index contributed by atoms with van der Waals surface area (Å²) in [5.41, 5.74) is 7.67. The van der Waals surface area contributed by atoms with Gasteiger partial charge in [-0.3, -0.25) is 9.59 Å². The van der Waals surface area contributed by atoms with E-state index in [1.165, 1.54) is 31.2 Å². The summed E-state index contributed by atoms with van der Waals surface area (Å²) >= 11 is 0. The number of aryl methyl sites for hydroxylation is 1. The van der Waals surface area contributed by atoms with Crippen molar-refractivity contribution in [2.45, 2.75) is 27.7 Å². The molecule has 1 amide bonds. The van der Waals surface area contributed by atoms with Crippen LogP contribution >= 0.6 is 0 Å². The summed E-state index contributed by atoms with van der Waals surface area (Å²) in [7, 11) is 1.59. The average molecular weight is 441 g/mol. The predicted octanol–water partition coefficient (Wildman–Crippen LogP) is 5.24. The molecule has 0 saturated carbocycles. The maximum atomic E-state index is 12.7. The number of halogens is 1. The van der Waals surface area contributed by atoms with E-state index in [0.717, 1.165) is 22.9 Å². The molecule has 0 atom stereocenters. The molecule has 0 aromatic heterocycles. The number of hydrogen-bond donors (Lipinski definition) is 3. The number of amides is 1. The molecule has 0 saturated heterocycles. The molecule has 3 rings (SSSR count). The Labute approximate surface area is 187 Å². The number of benzene rings is 3. The number of nitrogens with two attached hydrogens (primary N) is 1. The summed E-state index contributed by atoms with van der Waals surface area (Å²) in [6.07, 6.45) is 0. The van der Waals surface area contributed by atoms with E-state index in [0.29, 0.717) is 11.1 Å². The SMILES string of the molecule is CC.CC(=O)c1c(O)cccc1F.COc1cc(-c2cc(C(N)=O)ccc2O)ccc1C. The van der Waals surface area contributed by atoms with Gasteiger partial charge in [0, 0.05) is 11.1 Å². The molecule has 170 valence electrons. The average Bonchev–Trinajstić information content (AvgIpc) is 2.76. The molecule has 4 N–H and O–H groups in total. The summed E-state index contributed by atoms with van der Waals surface area (Å²) in [6, 6.07) is 13.8. The first-order valence-corrected chi connectivity index (χ1v) is 9.92. The van der Waals surface area contributed by atoms with E-state index in [1.54, 1.807) is 13.2 Å². The highest BCUT2D eigenvalue weighted by Gasteiger charge is 2.11. The molecule has 0 aliphatic rings. The molecule has 32 heavy (non-hydrogen) atoms. The second kappa shape index (κ2) is 12.1. The van der Waals surface area contributed by atoms with E-state index in [2.05, 4.69) is 0 Å². The molecule has 0 radical (unpaired) electrons. The van der Waals surface area contributed by atoms with Crippen molar-refractivity contribution < 1.29 is 28.9 Å². The van der Waals surface area contributed by atoms with Crippen LogP contribution in [0.4, 0.5) is 4.39 Å². The molecule has 7 heteroatoms. The lowest BCUT2D eigenvalue weighted by Crippen LogP contribution is -2.10. The maximum absolute atomic E-state index is 12.7. The Kier molecular flexibility index (Phi) is 9.89. The minimum Gasteiger partial charge on any atom is -0.507 e. The van der Waals surface area contributed by atoms with Crippen molar-refractivity contribution in [2.24, 2.45) is 5.73 Å². The van der Waals surface area contributed by atoms with E-state index < -0.39 is 17.5 Å². The van der Waals surface area contributed by atoms with Gasteiger partial charge >= 0.3 is 0 Å². The zero-order valence-corrected chi connectivity index (χ0v) is 18.8. The van der Waals surface area contributed by atoms with Gasteiger partial charge in [-0.15, -0.1) is 0 Å². The Morgan fingerprint density at radius 1 is 0.969 bits per heavy atom. The van der Waals surface area contributed by atoms with Crippen LogP contribution in [0.25, 0.3) is 11.1 Å². The molecule has 0 aliphatic carbocycles. The number of ether oxygens (including phenoxy) is 1. The fourth-order valence-electron chi connectivity index (χ4n) is 2.77. The minimum absolute atomic E-state index is 0.0934. The van der Waals surface area contributed by atoms with Crippen LogP contribution in [0.5, 0.6) is 17.2 Å². The lowest BCUT2D eigenvalue weighted by Gasteiger charge is -2.10. The molecular formula is C25H28FNO5. The quantitative estimate of drug-likeness (QED) is 0.480. The van der Waals surface area contributed by atoms with Gasteiger partial charge in [0.05, 0.1) is 12.7 Å². The number of phenolic OH excluding ortho intramolecular Hbond substituents is 2. The van der Waals surface area contributed by atoms with Gasteiger partial charge in [0.15, 0.2) is 5.78 Å². The summed E-state index contributed by atoms with van der Waals surface area (Å²) in [6.45, 7) is 7.14. The van der Waals surface area contributed by atoms with Gasteiger partial charge in [-0.25, -0.2) is 4.39 Å². The number of carbonyl (C=O) groups excluding carboxylic acids is 2. The number of carbonyl (C=O) groups is 2. The monoisotopic (exact) mass is 441 g/mol. The van der Waals surface area contributed by atoms with Crippen molar-refractivity contribution in [3.05, 3.63) is 77.1 Å². The number of rotatable bonds is 4. The van der Waals surface area contributed by atoms with Gasteiger partial charge in [-0.05, 0) is 61.4 Å². The Hall–Kier alpha value is -3.87. The van der Waals surface area contributed by atoms with Crippen LogP contribution in [0.15, 0.2) is 54.6 Å². The van der Waals surface area contributed by atoms with E-state index in [9.17, 15) is 19.1 Å². The normalized spacial score (nSPS) is 9.56. The van der Waals surface area contributed by atoms with E-state index in [1.807, 2.05) is 39.0 Å². The number of Topliss-reactive ketones (excluding diaryl/α,β-unsaturated/α-hetero) is 1. The molecule has 6 nitrogen and oxygen atoms in total. The first kappa shape index (κ1) is 26.2. The zero-order valence-electron chi connectivity index (χ0n) is 18.8. The van der Waals surface area contributed by atoms with Crippen molar-refractivity contribution in [3.63, 3.8) is 0 Å². The highest BCUT2D eigenvalue weighted by molar-refractivity contribution is 5.97. The topological polar surface area (TPSA) is 110 Å². The third kappa shape index (κ3) is 6.57. The van der Waals surface area contributed by atoms with E-state index >= 15 is 0 Å². The Bertz CT molecular complexity index is 1080. The number of hydrogen-bond acceptors (Lipinski definition) is 5. The summed E-state index contributed by atoms with van der Waals surface area (Å²) in [5.74, 6) is -1.17. The van der Waals surface area contributed by atoms with E-state index in [-0.39, 0.29) is 17.1 Å². The van der Waals surface area contributed by atoms with Gasteiger partial charge < -0.3 is 20.7 Å².